The highest BCUT2D eigenvalue weighted by Crippen LogP contribution is 2.37. The van der Waals surface area contributed by atoms with Gasteiger partial charge in [-0.3, -0.25) is 4.79 Å². The van der Waals surface area contributed by atoms with Gasteiger partial charge in [-0.05, 0) is 100 Å². The second-order valence-corrected chi connectivity index (χ2v) is 14.5. The van der Waals surface area contributed by atoms with Crippen molar-refractivity contribution in [2.24, 2.45) is 5.92 Å². The van der Waals surface area contributed by atoms with Crippen LogP contribution in [0.15, 0.2) is 109 Å². The van der Waals surface area contributed by atoms with Crippen molar-refractivity contribution in [3.8, 4) is 11.5 Å². The van der Waals surface area contributed by atoms with Crippen LogP contribution in [0.4, 0.5) is 0 Å². The lowest BCUT2D eigenvalue weighted by atomic mass is 9.86. The number of esters is 2. The van der Waals surface area contributed by atoms with Gasteiger partial charge in [-0.25, -0.2) is 4.79 Å². The van der Waals surface area contributed by atoms with Crippen LogP contribution >= 0.6 is 0 Å². The van der Waals surface area contributed by atoms with E-state index in [4.69, 9.17) is 14.6 Å². The average Bonchev–Trinajstić information content (AvgIpc) is 3.49. The molecular weight excluding hydrogens is 633 g/mol. The molecule has 5 heteroatoms. The first kappa shape index (κ1) is 37.4. The Morgan fingerprint density at radius 2 is 1.35 bits per heavy atom. The lowest BCUT2D eigenvalue weighted by molar-refractivity contribution is -0.140. The smallest absolute Gasteiger partial charge is 0.339 e. The molecule has 0 amide bonds. The van der Waals surface area contributed by atoms with Crippen molar-refractivity contribution in [2.75, 3.05) is 0 Å². The molecule has 0 spiro atoms. The molecule has 51 heavy (non-hydrogen) atoms. The Hall–Kier alpha value is -4.90. The van der Waals surface area contributed by atoms with Crippen molar-refractivity contribution in [1.29, 1.82) is 0 Å². The number of hydrogen-bond acceptors (Lipinski definition) is 5. The number of hydrogen-bond donors (Lipinski definition) is 1. The Morgan fingerprint density at radius 3 is 2.00 bits per heavy atom. The van der Waals surface area contributed by atoms with E-state index in [-0.39, 0.29) is 23.8 Å². The van der Waals surface area contributed by atoms with Gasteiger partial charge in [0.2, 0.25) is 0 Å². The zero-order valence-electron chi connectivity index (χ0n) is 31.1. The van der Waals surface area contributed by atoms with Gasteiger partial charge in [0.25, 0.3) is 0 Å². The molecule has 7 rings (SSSR count). The third-order valence-electron chi connectivity index (χ3n) is 10.7. The van der Waals surface area contributed by atoms with Crippen LogP contribution in [0, 0.1) is 5.92 Å². The highest BCUT2D eigenvalue weighted by molar-refractivity contribution is 6.05. The summed E-state index contributed by atoms with van der Waals surface area (Å²) in [6, 6.07) is 35.7. The topological polar surface area (TPSA) is 72.8 Å². The molecule has 1 aliphatic carbocycles. The number of rotatable bonds is 6. The Morgan fingerprint density at radius 1 is 0.765 bits per heavy atom. The molecule has 5 aromatic carbocycles. The van der Waals surface area contributed by atoms with Crippen LogP contribution in [0.2, 0.25) is 0 Å². The normalized spacial score (nSPS) is 18.1. The number of fused-ring (bicyclic) bond motifs is 3. The first-order valence-electron chi connectivity index (χ1n) is 18.4. The number of aromatic hydroxyl groups is 1. The van der Waals surface area contributed by atoms with Gasteiger partial charge in [-0.2, -0.15) is 0 Å². The van der Waals surface area contributed by atoms with Crippen molar-refractivity contribution < 1.29 is 24.2 Å². The predicted molar refractivity (Wildman–Crippen MR) is 207 cm³/mol. The zero-order valence-corrected chi connectivity index (χ0v) is 31.1. The van der Waals surface area contributed by atoms with Gasteiger partial charge < -0.3 is 14.6 Å². The molecule has 0 aromatic heterocycles. The van der Waals surface area contributed by atoms with Crippen LogP contribution in [-0.2, 0) is 22.4 Å². The summed E-state index contributed by atoms with van der Waals surface area (Å²) in [5, 5.41) is 11.2. The van der Waals surface area contributed by atoms with E-state index in [2.05, 4.69) is 58.9 Å². The molecule has 266 valence electrons. The van der Waals surface area contributed by atoms with E-state index in [1.165, 1.54) is 22.3 Å². The number of phenols is 1. The van der Waals surface area contributed by atoms with Crippen LogP contribution in [0.1, 0.15) is 117 Å². The van der Waals surface area contributed by atoms with Gasteiger partial charge in [0.05, 0.1) is 11.5 Å². The maximum absolute atomic E-state index is 13.1. The Labute approximate surface area is 303 Å². The molecule has 1 aliphatic heterocycles. The van der Waals surface area contributed by atoms with Crippen molar-refractivity contribution in [3.05, 3.63) is 143 Å². The number of para-hydroxylation sites is 1. The third kappa shape index (κ3) is 8.71. The van der Waals surface area contributed by atoms with Crippen molar-refractivity contribution >= 4 is 22.7 Å². The first-order chi connectivity index (χ1) is 24.4. The molecule has 0 saturated heterocycles. The van der Waals surface area contributed by atoms with Crippen LogP contribution in [0.5, 0.6) is 11.5 Å². The quantitative estimate of drug-likeness (QED) is 0.142. The van der Waals surface area contributed by atoms with Crippen LogP contribution in [0.3, 0.4) is 0 Å². The Bertz CT molecular complexity index is 1930. The van der Waals surface area contributed by atoms with E-state index in [0.29, 0.717) is 23.1 Å². The van der Waals surface area contributed by atoms with E-state index in [9.17, 15) is 9.59 Å². The molecule has 2 aliphatic rings. The van der Waals surface area contributed by atoms with E-state index in [0.717, 1.165) is 47.8 Å². The summed E-state index contributed by atoms with van der Waals surface area (Å²) in [5.74, 6) is 2.00. The number of carbonyl (C=O) groups excluding carboxylic acids is 2. The lowest BCUT2D eigenvalue weighted by Gasteiger charge is -2.26. The maximum atomic E-state index is 13.1. The molecule has 0 bridgehead atoms. The summed E-state index contributed by atoms with van der Waals surface area (Å²) >= 11 is 0. The van der Waals surface area contributed by atoms with Gasteiger partial charge in [0.15, 0.2) is 0 Å². The molecule has 4 unspecified atom stereocenters. The minimum Gasteiger partial charge on any atom is -0.508 e. The zero-order chi connectivity index (χ0) is 36.7. The third-order valence-corrected chi connectivity index (χ3v) is 10.7. The monoisotopic (exact) mass is 684 g/mol. The molecule has 4 atom stereocenters. The second-order valence-electron chi connectivity index (χ2n) is 14.5. The standard InChI is InChI=1S/C25H26O2.C11H12O2.C10H14O/c1-4-17(2)20-11-7-13-22-21(20)12-8-14-23(22)24(26)27-25(3)15-18-9-5-6-10-19(18)16-25;1-7-8(2)11(12)13-10-6-4-3-5-9(7)10;1-3-8(2)9-4-6-10(11)7-5-9/h5-14,17H,4,15-16H2,1-3H3;3-8H,1-2H3;4-8,11H,3H2,1-2H3. The van der Waals surface area contributed by atoms with Gasteiger partial charge >= 0.3 is 11.9 Å². The van der Waals surface area contributed by atoms with Gasteiger partial charge in [0, 0.05) is 12.8 Å². The van der Waals surface area contributed by atoms with Crippen LogP contribution < -0.4 is 4.74 Å². The molecular formula is C46H52O5. The van der Waals surface area contributed by atoms with E-state index >= 15 is 0 Å². The van der Waals surface area contributed by atoms with Gasteiger partial charge in [-0.1, -0.05) is 126 Å². The van der Waals surface area contributed by atoms with Crippen molar-refractivity contribution in [2.45, 2.75) is 97.5 Å². The number of ether oxygens (including phenoxy) is 2. The fraction of sp³-hybridized carbons (Fsp3) is 0.348. The van der Waals surface area contributed by atoms with E-state index < -0.39 is 5.60 Å². The van der Waals surface area contributed by atoms with Crippen molar-refractivity contribution in [1.82, 2.24) is 0 Å². The summed E-state index contributed by atoms with van der Waals surface area (Å²) < 4.78 is 11.2. The number of benzene rings is 5. The molecule has 1 N–H and O–H groups in total. The van der Waals surface area contributed by atoms with Gasteiger partial charge in [-0.15, -0.1) is 0 Å². The minimum absolute atomic E-state index is 0.0325. The minimum atomic E-state index is -0.475. The summed E-state index contributed by atoms with van der Waals surface area (Å²) in [7, 11) is 0. The SMILES string of the molecule is CC1C(=O)Oc2ccccc2C1C.CCC(C)c1ccc(O)cc1.CCC(C)c1cccc2c(C(=O)OC3(C)Cc4ccccc4C3)cccc12. The Balaban J connectivity index is 0.000000174. The summed E-state index contributed by atoms with van der Waals surface area (Å²) in [6.45, 7) is 14.8. The fourth-order valence-electron chi connectivity index (χ4n) is 6.95. The molecule has 5 aromatic rings. The van der Waals surface area contributed by atoms with Crippen LogP contribution in [-0.4, -0.2) is 22.6 Å². The Kier molecular flexibility index (Phi) is 12.0. The summed E-state index contributed by atoms with van der Waals surface area (Å²) in [4.78, 5) is 24.4. The molecule has 0 fully saturated rings. The highest BCUT2D eigenvalue weighted by atomic mass is 16.6. The molecule has 0 radical (unpaired) electrons. The maximum Gasteiger partial charge on any atom is 0.339 e. The van der Waals surface area contributed by atoms with Gasteiger partial charge in [0.1, 0.15) is 17.1 Å². The number of phenolic OH excluding ortho intramolecular Hbond substituents is 1. The highest BCUT2D eigenvalue weighted by Gasteiger charge is 2.37. The largest absolute Gasteiger partial charge is 0.508 e. The molecule has 5 nitrogen and oxygen atoms in total. The predicted octanol–water partition coefficient (Wildman–Crippen LogP) is 11.3. The average molecular weight is 685 g/mol. The van der Waals surface area contributed by atoms with Crippen molar-refractivity contribution in [3.63, 3.8) is 0 Å². The summed E-state index contributed by atoms with van der Waals surface area (Å²) in [5.41, 5.74) is 6.48. The molecule has 1 heterocycles. The lowest BCUT2D eigenvalue weighted by Crippen LogP contribution is -2.32. The molecule has 0 saturated carbocycles. The second kappa shape index (κ2) is 16.4. The fourth-order valence-corrected chi connectivity index (χ4v) is 6.95. The first-order valence-corrected chi connectivity index (χ1v) is 18.4. The summed E-state index contributed by atoms with van der Waals surface area (Å²) in [6.07, 6.45) is 3.77. The van der Waals surface area contributed by atoms with E-state index in [1.807, 2.05) is 86.6 Å². The van der Waals surface area contributed by atoms with E-state index in [1.54, 1.807) is 12.1 Å². The number of carbonyl (C=O) groups is 2. The van der Waals surface area contributed by atoms with Crippen LogP contribution in [0.25, 0.3) is 10.8 Å².